The lowest BCUT2D eigenvalue weighted by Gasteiger charge is -2.36. The molecule has 1 aromatic carbocycles. The van der Waals surface area contributed by atoms with E-state index in [1.54, 1.807) is 14.2 Å². The molecule has 0 bridgehead atoms. The standard InChI is InChI=1S/C17H28N2O4/c1-13(20)11-18-6-8-19(9-7-18)12-16(21)15-10-14(22-2)4-5-17(15)23-3/h4-5,10,13,16,20-21H,6-9,11-12H2,1-3H3/t13-,16+/m0/s1. The van der Waals surface area contributed by atoms with Gasteiger partial charge in [0.05, 0.1) is 26.4 Å². The van der Waals surface area contributed by atoms with E-state index in [2.05, 4.69) is 9.80 Å². The van der Waals surface area contributed by atoms with Gasteiger partial charge in [0.2, 0.25) is 0 Å². The van der Waals surface area contributed by atoms with Crippen LogP contribution in [0.2, 0.25) is 0 Å². The molecule has 0 spiro atoms. The number of aliphatic hydroxyl groups excluding tert-OH is 2. The van der Waals surface area contributed by atoms with Crippen LogP contribution < -0.4 is 9.47 Å². The van der Waals surface area contributed by atoms with Crippen molar-refractivity contribution >= 4 is 0 Å². The van der Waals surface area contributed by atoms with E-state index in [0.29, 0.717) is 24.6 Å². The number of rotatable bonds is 7. The molecule has 0 aliphatic carbocycles. The Morgan fingerprint density at radius 2 is 1.61 bits per heavy atom. The minimum atomic E-state index is -0.622. The SMILES string of the molecule is COc1ccc(OC)c([C@H](O)CN2CCN(C[C@H](C)O)CC2)c1. The van der Waals surface area contributed by atoms with Gasteiger partial charge in [-0.2, -0.15) is 0 Å². The molecular formula is C17H28N2O4. The van der Waals surface area contributed by atoms with Gasteiger partial charge >= 0.3 is 0 Å². The number of hydrogen-bond donors (Lipinski definition) is 2. The number of aliphatic hydroxyl groups is 2. The van der Waals surface area contributed by atoms with Gasteiger partial charge in [0.15, 0.2) is 0 Å². The lowest BCUT2D eigenvalue weighted by Crippen LogP contribution is -2.49. The van der Waals surface area contributed by atoms with Crippen LogP contribution in [-0.4, -0.2) is 79.6 Å². The predicted molar refractivity (Wildman–Crippen MR) is 89.1 cm³/mol. The quantitative estimate of drug-likeness (QED) is 0.771. The van der Waals surface area contributed by atoms with Crippen molar-refractivity contribution in [3.8, 4) is 11.5 Å². The maximum absolute atomic E-state index is 10.6. The van der Waals surface area contributed by atoms with Crippen molar-refractivity contribution in [1.29, 1.82) is 0 Å². The largest absolute Gasteiger partial charge is 0.497 e. The van der Waals surface area contributed by atoms with E-state index in [-0.39, 0.29) is 6.10 Å². The average molecular weight is 324 g/mol. The molecule has 2 atom stereocenters. The molecular weight excluding hydrogens is 296 g/mol. The minimum Gasteiger partial charge on any atom is -0.497 e. The first kappa shape index (κ1) is 18.0. The molecule has 2 rings (SSSR count). The van der Waals surface area contributed by atoms with Gasteiger partial charge in [-0.05, 0) is 25.1 Å². The first-order valence-electron chi connectivity index (χ1n) is 8.06. The van der Waals surface area contributed by atoms with E-state index in [4.69, 9.17) is 9.47 Å². The smallest absolute Gasteiger partial charge is 0.124 e. The van der Waals surface area contributed by atoms with Gasteiger partial charge in [-0.25, -0.2) is 0 Å². The van der Waals surface area contributed by atoms with Crippen LogP contribution in [0.25, 0.3) is 0 Å². The minimum absolute atomic E-state index is 0.298. The van der Waals surface area contributed by atoms with Crippen molar-refractivity contribution in [3.05, 3.63) is 23.8 Å². The van der Waals surface area contributed by atoms with E-state index < -0.39 is 6.10 Å². The van der Waals surface area contributed by atoms with Crippen LogP contribution in [0.5, 0.6) is 11.5 Å². The monoisotopic (exact) mass is 324 g/mol. The molecule has 1 aromatic rings. The molecule has 0 unspecified atom stereocenters. The summed E-state index contributed by atoms with van der Waals surface area (Å²) in [5.41, 5.74) is 0.748. The van der Waals surface area contributed by atoms with Crippen LogP contribution in [0.15, 0.2) is 18.2 Å². The predicted octanol–water partition coefficient (Wildman–Crippen LogP) is 0.736. The molecule has 1 aliphatic rings. The average Bonchev–Trinajstić information content (AvgIpc) is 2.55. The second kappa shape index (κ2) is 8.49. The molecule has 0 saturated carbocycles. The fourth-order valence-corrected chi connectivity index (χ4v) is 2.97. The zero-order valence-corrected chi connectivity index (χ0v) is 14.2. The lowest BCUT2D eigenvalue weighted by molar-refractivity contribution is 0.0519. The van der Waals surface area contributed by atoms with Crippen LogP contribution in [0.4, 0.5) is 0 Å². The summed E-state index contributed by atoms with van der Waals surface area (Å²) in [5.74, 6) is 1.38. The molecule has 0 aromatic heterocycles. The number of ether oxygens (including phenoxy) is 2. The summed E-state index contributed by atoms with van der Waals surface area (Å²) in [6, 6.07) is 5.47. The molecule has 1 aliphatic heterocycles. The molecule has 2 N–H and O–H groups in total. The molecule has 1 heterocycles. The number of hydrogen-bond acceptors (Lipinski definition) is 6. The van der Waals surface area contributed by atoms with E-state index >= 15 is 0 Å². The maximum Gasteiger partial charge on any atom is 0.124 e. The Kier molecular flexibility index (Phi) is 6.65. The number of benzene rings is 1. The number of piperazine rings is 1. The normalized spacial score (nSPS) is 19.3. The Morgan fingerprint density at radius 1 is 1.00 bits per heavy atom. The van der Waals surface area contributed by atoms with Crippen LogP contribution in [0.3, 0.4) is 0 Å². The summed E-state index contributed by atoms with van der Waals surface area (Å²) >= 11 is 0. The van der Waals surface area contributed by atoms with Crippen molar-refractivity contribution < 1.29 is 19.7 Å². The zero-order valence-electron chi connectivity index (χ0n) is 14.2. The summed E-state index contributed by atoms with van der Waals surface area (Å²) < 4.78 is 10.6. The third-order valence-corrected chi connectivity index (χ3v) is 4.21. The molecule has 6 nitrogen and oxygen atoms in total. The van der Waals surface area contributed by atoms with Crippen molar-refractivity contribution in [1.82, 2.24) is 9.80 Å². The van der Waals surface area contributed by atoms with Crippen LogP contribution >= 0.6 is 0 Å². The number of methoxy groups -OCH3 is 2. The topological polar surface area (TPSA) is 65.4 Å². The molecule has 1 fully saturated rings. The summed E-state index contributed by atoms with van der Waals surface area (Å²) in [6.45, 7) is 6.67. The van der Waals surface area contributed by atoms with Crippen LogP contribution in [0.1, 0.15) is 18.6 Å². The summed E-state index contributed by atoms with van der Waals surface area (Å²) in [5, 5.41) is 20.0. The zero-order chi connectivity index (χ0) is 16.8. The van der Waals surface area contributed by atoms with Gasteiger partial charge < -0.3 is 19.7 Å². The van der Waals surface area contributed by atoms with Gasteiger partial charge in [0.1, 0.15) is 11.5 Å². The Balaban J connectivity index is 1.93. The Bertz CT molecular complexity index is 487. The van der Waals surface area contributed by atoms with Crippen molar-refractivity contribution in [2.75, 3.05) is 53.5 Å². The highest BCUT2D eigenvalue weighted by Crippen LogP contribution is 2.30. The van der Waals surface area contributed by atoms with Gasteiger partial charge in [-0.3, -0.25) is 9.80 Å². The summed E-state index contributed by atoms with van der Waals surface area (Å²) in [6.07, 6.45) is -0.920. The van der Waals surface area contributed by atoms with Gasteiger partial charge in [0.25, 0.3) is 0 Å². The summed E-state index contributed by atoms with van der Waals surface area (Å²) in [7, 11) is 3.21. The van der Waals surface area contributed by atoms with Crippen molar-refractivity contribution in [3.63, 3.8) is 0 Å². The molecule has 130 valence electrons. The third-order valence-electron chi connectivity index (χ3n) is 4.21. The molecule has 23 heavy (non-hydrogen) atoms. The van der Waals surface area contributed by atoms with E-state index in [1.807, 2.05) is 25.1 Å². The first-order valence-corrected chi connectivity index (χ1v) is 8.06. The second-order valence-corrected chi connectivity index (χ2v) is 6.07. The van der Waals surface area contributed by atoms with Crippen molar-refractivity contribution in [2.45, 2.75) is 19.1 Å². The second-order valence-electron chi connectivity index (χ2n) is 6.07. The third kappa shape index (κ3) is 5.07. The van der Waals surface area contributed by atoms with E-state index in [0.717, 1.165) is 31.7 Å². The van der Waals surface area contributed by atoms with Crippen molar-refractivity contribution in [2.24, 2.45) is 0 Å². The van der Waals surface area contributed by atoms with E-state index in [1.165, 1.54) is 0 Å². The summed E-state index contributed by atoms with van der Waals surface area (Å²) in [4.78, 5) is 4.49. The Morgan fingerprint density at radius 3 is 2.13 bits per heavy atom. The van der Waals surface area contributed by atoms with Gasteiger partial charge in [-0.1, -0.05) is 0 Å². The molecule has 6 heteroatoms. The lowest BCUT2D eigenvalue weighted by atomic mass is 10.1. The number of nitrogens with zero attached hydrogens (tertiary/aromatic N) is 2. The maximum atomic E-state index is 10.6. The number of β-amino-alcohol motifs (C(OH)–C–C–N with tert-alkyl or cyclic N) is 2. The van der Waals surface area contributed by atoms with Crippen LogP contribution in [0, 0.1) is 0 Å². The molecule has 0 amide bonds. The Hall–Kier alpha value is -1.34. The van der Waals surface area contributed by atoms with Crippen LogP contribution in [-0.2, 0) is 0 Å². The highest BCUT2D eigenvalue weighted by atomic mass is 16.5. The first-order chi connectivity index (χ1) is 11.0. The highest BCUT2D eigenvalue weighted by molar-refractivity contribution is 5.41. The fraction of sp³-hybridized carbons (Fsp3) is 0.647. The highest BCUT2D eigenvalue weighted by Gasteiger charge is 2.22. The van der Waals surface area contributed by atoms with E-state index in [9.17, 15) is 10.2 Å². The van der Waals surface area contributed by atoms with Gasteiger partial charge in [-0.15, -0.1) is 0 Å². The molecule has 1 saturated heterocycles. The van der Waals surface area contributed by atoms with Gasteiger partial charge in [0, 0.05) is 44.8 Å². The fourth-order valence-electron chi connectivity index (χ4n) is 2.97. The Labute approximate surface area is 138 Å². The molecule has 0 radical (unpaired) electrons.